The maximum Gasteiger partial charge on any atom is 0.261 e. The predicted octanol–water partition coefficient (Wildman–Crippen LogP) is 6.28. The van der Waals surface area contributed by atoms with Crippen LogP contribution in [0, 0.1) is 6.92 Å². The minimum Gasteiger partial charge on any atom is -0.497 e. The van der Waals surface area contributed by atoms with Gasteiger partial charge in [0.1, 0.15) is 11.0 Å². The molecule has 4 aromatic carbocycles. The first-order valence-corrected chi connectivity index (χ1v) is 13.6. The van der Waals surface area contributed by atoms with E-state index in [1.54, 1.807) is 61.7 Å². The number of nitrogens with one attached hydrogen (secondary N) is 2. The van der Waals surface area contributed by atoms with Crippen molar-refractivity contribution >= 4 is 39.1 Å². The van der Waals surface area contributed by atoms with Crippen LogP contribution in [0.4, 0.5) is 11.4 Å². The molecule has 0 saturated carbocycles. The van der Waals surface area contributed by atoms with E-state index in [0.29, 0.717) is 17.1 Å². The van der Waals surface area contributed by atoms with Crippen molar-refractivity contribution in [2.75, 3.05) is 17.1 Å². The van der Waals surface area contributed by atoms with Gasteiger partial charge in [-0.25, -0.2) is 8.42 Å². The molecule has 1 unspecified atom stereocenters. The summed E-state index contributed by atoms with van der Waals surface area (Å²) in [5.74, 6) is 0.476. The lowest BCUT2D eigenvalue weighted by molar-refractivity contribution is -0.115. The van der Waals surface area contributed by atoms with Crippen molar-refractivity contribution in [1.29, 1.82) is 0 Å². The summed E-state index contributed by atoms with van der Waals surface area (Å²) in [6.07, 6.45) is 0. The highest BCUT2D eigenvalue weighted by Crippen LogP contribution is 2.37. The first-order valence-electron chi connectivity index (χ1n) is 11.2. The fourth-order valence-corrected chi connectivity index (χ4v) is 5.56. The number of thioether (sulfide) groups is 1. The van der Waals surface area contributed by atoms with Crippen molar-refractivity contribution in [3.05, 3.63) is 114 Å². The van der Waals surface area contributed by atoms with Crippen LogP contribution in [0.25, 0.3) is 0 Å². The molecule has 1 atom stereocenters. The second-order valence-electron chi connectivity index (χ2n) is 8.07. The van der Waals surface area contributed by atoms with Gasteiger partial charge in [0.25, 0.3) is 10.0 Å². The summed E-state index contributed by atoms with van der Waals surface area (Å²) in [4.78, 5) is 14.3. The van der Waals surface area contributed by atoms with E-state index >= 15 is 0 Å². The van der Waals surface area contributed by atoms with E-state index in [1.165, 1.54) is 11.8 Å². The first kappa shape index (κ1) is 25.3. The predicted molar refractivity (Wildman–Crippen MR) is 145 cm³/mol. The van der Waals surface area contributed by atoms with E-state index in [0.717, 1.165) is 16.0 Å². The Balaban J connectivity index is 1.51. The number of sulfonamides is 1. The lowest BCUT2D eigenvalue weighted by atomic mass is 10.1. The third-order valence-corrected chi connectivity index (χ3v) is 8.03. The van der Waals surface area contributed by atoms with Gasteiger partial charge in [0, 0.05) is 22.3 Å². The minimum atomic E-state index is -3.69. The van der Waals surface area contributed by atoms with Crippen LogP contribution in [0.2, 0.25) is 0 Å². The molecule has 184 valence electrons. The van der Waals surface area contributed by atoms with Gasteiger partial charge in [-0.1, -0.05) is 54.1 Å². The number of methoxy groups -OCH3 is 1. The van der Waals surface area contributed by atoms with Gasteiger partial charge in [-0.15, -0.1) is 11.8 Å². The number of amides is 1. The van der Waals surface area contributed by atoms with Gasteiger partial charge in [-0.2, -0.15) is 0 Å². The number of hydrogen-bond donors (Lipinski definition) is 2. The number of carbonyl (C=O) groups excluding carboxylic acids is 1. The smallest absolute Gasteiger partial charge is 0.261 e. The van der Waals surface area contributed by atoms with E-state index in [2.05, 4.69) is 10.0 Å². The molecule has 4 aromatic rings. The maximum absolute atomic E-state index is 13.3. The lowest BCUT2D eigenvalue weighted by Crippen LogP contribution is -2.19. The molecule has 36 heavy (non-hydrogen) atoms. The Morgan fingerprint density at radius 2 is 1.53 bits per heavy atom. The van der Waals surface area contributed by atoms with Crippen molar-refractivity contribution in [2.45, 2.75) is 22.0 Å². The first-order chi connectivity index (χ1) is 17.3. The Hall–Kier alpha value is -3.75. The quantitative estimate of drug-likeness (QED) is 0.255. The summed E-state index contributed by atoms with van der Waals surface area (Å²) < 4.78 is 33.2. The summed E-state index contributed by atoms with van der Waals surface area (Å²) in [6.45, 7) is 1.90. The number of hydrogen-bond acceptors (Lipinski definition) is 5. The molecule has 4 rings (SSSR count). The van der Waals surface area contributed by atoms with E-state index in [1.807, 2.05) is 55.5 Å². The number of carbonyl (C=O) groups is 1. The normalized spacial score (nSPS) is 11.9. The lowest BCUT2D eigenvalue weighted by Gasteiger charge is -2.18. The average molecular weight is 519 g/mol. The topological polar surface area (TPSA) is 84.5 Å². The summed E-state index contributed by atoms with van der Waals surface area (Å²) >= 11 is 1.38. The maximum atomic E-state index is 13.3. The molecule has 0 bridgehead atoms. The van der Waals surface area contributed by atoms with Crippen molar-refractivity contribution in [3.8, 4) is 5.75 Å². The van der Waals surface area contributed by atoms with Crippen LogP contribution in [0.3, 0.4) is 0 Å². The Morgan fingerprint density at radius 1 is 0.833 bits per heavy atom. The highest BCUT2D eigenvalue weighted by atomic mass is 32.2. The molecular weight excluding hydrogens is 492 g/mol. The number of ether oxygens (including phenoxy) is 1. The van der Waals surface area contributed by atoms with E-state index < -0.39 is 15.3 Å². The van der Waals surface area contributed by atoms with Gasteiger partial charge >= 0.3 is 0 Å². The van der Waals surface area contributed by atoms with Crippen LogP contribution in [-0.2, 0) is 14.8 Å². The van der Waals surface area contributed by atoms with Crippen molar-refractivity contribution in [3.63, 3.8) is 0 Å². The molecule has 0 fully saturated rings. The molecule has 8 heteroatoms. The molecule has 0 radical (unpaired) electrons. The fraction of sp³-hybridized carbons (Fsp3) is 0.107. The van der Waals surface area contributed by atoms with Gasteiger partial charge < -0.3 is 10.1 Å². The monoisotopic (exact) mass is 518 g/mol. The fourth-order valence-electron chi connectivity index (χ4n) is 3.48. The Kier molecular flexibility index (Phi) is 7.97. The van der Waals surface area contributed by atoms with E-state index in [9.17, 15) is 13.2 Å². The Bertz CT molecular complexity index is 1420. The van der Waals surface area contributed by atoms with Gasteiger partial charge in [-0.3, -0.25) is 9.52 Å². The van der Waals surface area contributed by atoms with Gasteiger partial charge in [0.05, 0.1) is 12.0 Å². The largest absolute Gasteiger partial charge is 0.497 e. The molecule has 0 saturated heterocycles. The van der Waals surface area contributed by atoms with Crippen molar-refractivity contribution in [1.82, 2.24) is 0 Å². The summed E-state index contributed by atoms with van der Waals surface area (Å²) in [5, 5.41) is 2.45. The minimum absolute atomic E-state index is 0.177. The molecule has 6 nitrogen and oxygen atoms in total. The number of benzene rings is 4. The molecule has 2 N–H and O–H groups in total. The van der Waals surface area contributed by atoms with Crippen LogP contribution < -0.4 is 14.8 Å². The summed E-state index contributed by atoms with van der Waals surface area (Å²) in [5.41, 5.74) is 2.92. The highest BCUT2D eigenvalue weighted by Gasteiger charge is 2.22. The van der Waals surface area contributed by atoms with Gasteiger partial charge in [0.15, 0.2) is 0 Å². The molecule has 0 spiro atoms. The average Bonchev–Trinajstić information content (AvgIpc) is 2.89. The van der Waals surface area contributed by atoms with Crippen LogP contribution >= 0.6 is 11.8 Å². The zero-order chi connectivity index (χ0) is 25.5. The zero-order valence-corrected chi connectivity index (χ0v) is 21.5. The SMILES string of the molecule is COc1cccc(NC(=O)C(Sc2ccc(NS(=O)(=O)c3ccc(C)cc3)cc2)c2ccccc2)c1. The summed E-state index contributed by atoms with van der Waals surface area (Å²) in [7, 11) is -2.12. The van der Waals surface area contributed by atoms with Crippen molar-refractivity contribution in [2.24, 2.45) is 0 Å². The molecule has 0 heterocycles. The van der Waals surface area contributed by atoms with Crippen LogP contribution in [-0.4, -0.2) is 21.4 Å². The molecular formula is C28H26N2O4S2. The third-order valence-electron chi connectivity index (χ3n) is 5.37. The van der Waals surface area contributed by atoms with Crippen LogP contribution in [0.5, 0.6) is 5.75 Å². The molecule has 1 amide bonds. The van der Waals surface area contributed by atoms with Gasteiger partial charge in [-0.05, 0) is 61.0 Å². The van der Waals surface area contributed by atoms with Crippen LogP contribution in [0.15, 0.2) is 113 Å². The number of aryl methyl sites for hydroxylation is 1. The standard InChI is InChI=1S/C28H26N2O4S2/c1-20-11-17-26(18-12-20)36(32,33)30-22-13-15-25(16-14-22)35-27(21-7-4-3-5-8-21)28(31)29-23-9-6-10-24(19-23)34-2/h3-19,27,30H,1-2H3,(H,29,31). The Labute approximate surface area is 215 Å². The molecule has 0 aliphatic rings. The second kappa shape index (κ2) is 11.3. The van der Waals surface area contributed by atoms with Crippen molar-refractivity contribution < 1.29 is 17.9 Å². The number of anilines is 2. The zero-order valence-electron chi connectivity index (χ0n) is 19.8. The highest BCUT2D eigenvalue weighted by molar-refractivity contribution is 8.00. The van der Waals surface area contributed by atoms with Gasteiger partial charge in [0.2, 0.25) is 5.91 Å². The number of rotatable bonds is 9. The second-order valence-corrected chi connectivity index (χ2v) is 10.9. The summed E-state index contributed by atoms with van der Waals surface area (Å²) in [6, 6.07) is 30.4. The van der Waals surface area contributed by atoms with E-state index in [4.69, 9.17) is 4.74 Å². The third kappa shape index (κ3) is 6.47. The molecule has 0 aliphatic carbocycles. The molecule has 0 aromatic heterocycles. The van der Waals surface area contributed by atoms with Crippen LogP contribution in [0.1, 0.15) is 16.4 Å². The molecule has 0 aliphatic heterocycles. The Morgan fingerprint density at radius 3 is 2.19 bits per heavy atom. The van der Waals surface area contributed by atoms with E-state index in [-0.39, 0.29) is 10.8 Å².